The van der Waals surface area contributed by atoms with Crippen LogP contribution in [0.3, 0.4) is 0 Å². The Morgan fingerprint density at radius 3 is 1.14 bits per heavy atom. The molecule has 0 spiro atoms. The number of amides is 4. The van der Waals surface area contributed by atoms with Crippen molar-refractivity contribution in [2.24, 2.45) is 5.73 Å². The van der Waals surface area contributed by atoms with Crippen LogP contribution >= 0.6 is 0 Å². The number of hydrogen-bond acceptors (Lipinski definition) is 11. The topological polar surface area (TPSA) is 366 Å². The van der Waals surface area contributed by atoms with Crippen LogP contribution < -0.4 is 27.0 Å². The first kappa shape index (κ1) is 38.7. The second kappa shape index (κ2) is 19.0. The SMILES string of the molecule is N[C@@H](CCC(=O)O)C(=O)N[C@@H](CC(=O)O)C(=O)N[C@@H](CCC(=O)O)C(=O)N[C@@H](CC(=O)O)C(=O)N[C@@H](CCC(=O)O)C(=O)O. The highest BCUT2D eigenvalue weighted by Crippen LogP contribution is 2.06. The van der Waals surface area contributed by atoms with Gasteiger partial charge in [0.2, 0.25) is 23.6 Å². The number of carboxylic acid groups (broad SMARTS) is 6. The molecule has 5 atom stereocenters. The number of nitrogens with one attached hydrogen (secondary N) is 4. The maximum Gasteiger partial charge on any atom is 0.326 e. The molecular formula is C23H33N5O16. The zero-order valence-corrected chi connectivity index (χ0v) is 22.9. The van der Waals surface area contributed by atoms with Gasteiger partial charge in [-0.25, -0.2) is 4.79 Å². The van der Waals surface area contributed by atoms with E-state index in [2.05, 4.69) is 0 Å². The Morgan fingerprint density at radius 2 is 0.750 bits per heavy atom. The zero-order valence-electron chi connectivity index (χ0n) is 22.9. The smallest absolute Gasteiger partial charge is 0.326 e. The largest absolute Gasteiger partial charge is 0.481 e. The van der Waals surface area contributed by atoms with Crippen molar-refractivity contribution in [3.8, 4) is 0 Å². The second-order valence-electron chi connectivity index (χ2n) is 9.18. The van der Waals surface area contributed by atoms with Gasteiger partial charge in [0.1, 0.15) is 24.2 Å². The minimum atomic E-state index is -2.02. The standard InChI is InChI=1S/C23H33N5O16/c24-9(1-4-14(29)30)19(39)27-12(7-17(35)36)21(41)25-10(2-5-15(31)32)20(40)28-13(8-18(37)38)22(42)26-11(23(43)44)3-6-16(33)34/h9-13H,1-8,24H2,(H,25,41)(H,26,42)(H,27,39)(H,28,40)(H,29,30)(H,31,32)(H,33,34)(H,35,36)(H,37,38)(H,43,44)/t9-,10-,11-,12-,13-/m0/s1. The average Bonchev–Trinajstić information content (AvgIpc) is 2.89. The van der Waals surface area contributed by atoms with Gasteiger partial charge >= 0.3 is 35.8 Å². The fourth-order valence-electron chi connectivity index (χ4n) is 3.34. The summed E-state index contributed by atoms with van der Waals surface area (Å²) in [4.78, 5) is 117. The molecule has 0 saturated heterocycles. The normalized spacial score (nSPS) is 13.9. The number of carbonyl (C=O) groups excluding carboxylic acids is 4. The molecule has 21 nitrogen and oxygen atoms in total. The lowest BCUT2D eigenvalue weighted by Gasteiger charge is -2.25. The molecule has 12 N–H and O–H groups in total. The summed E-state index contributed by atoms with van der Waals surface area (Å²) in [5.41, 5.74) is 5.55. The van der Waals surface area contributed by atoms with Gasteiger partial charge < -0.3 is 57.6 Å². The Morgan fingerprint density at radius 1 is 0.432 bits per heavy atom. The summed E-state index contributed by atoms with van der Waals surface area (Å²) in [6.07, 6.45) is -5.95. The van der Waals surface area contributed by atoms with Gasteiger partial charge in [0, 0.05) is 19.3 Å². The fourth-order valence-corrected chi connectivity index (χ4v) is 3.34. The molecule has 0 bridgehead atoms. The van der Waals surface area contributed by atoms with Crippen molar-refractivity contribution in [3.63, 3.8) is 0 Å². The quantitative estimate of drug-likeness (QED) is 0.0538. The number of hydrogen-bond donors (Lipinski definition) is 11. The molecule has 0 aliphatic rings. The second-order valence-corrected chi connectivity index (χ2v) is 9.18. The van der Waals surface area contributed by atoms with Gasteiger partial charge in [0.25, 0.3) is 0 Å². The van der Waals surface area contributed by atoms with E-state index in [-0.39, 0.29) is 0 Å². The molecular weight excluding hydrogens is 602 g/mol. The van der Waals surface area contributed by atoms with Crippen LogP contribution in [0.15, 0.2) is 0 Å². The number of rotatable bonds is 22. The molecule has 0 aromatic carbocycles. The van der Waals surface area contributed by atoms with Crippen molar-refractivity contribution < 1.29 is 78.6 Å². The summed E-state index contributed by atoms with van der Waals surface area (Å²) in [6, 6.07) is -9.10. The van der Waals surface area contributed by atoms with Gasteiger partial charge in [-0.3, -0.25) is 43.2 Å². The molecule has 0 rings (SSSR count). The molecule has 0 saturated carbocycles. The predicted octanol–water partition coefficient (Wildman–Crippen LogP) is -4.12. The molecule has 0 fully saturated rings. The van der Waals surface area contributed by atoms with Gasteiger partial charge in [0.15, 0.2) is 0 Å². The molecule has 0 heterocycles. The van der Waals surface area contributed by atoms with E-state index in [0.29, 0.717) is 0 Å². The van der Waals surface area contributed by atoms with Gasteiger partial charge in [-0.15, -0.1) is 0 Å². The zero-order chi connectivity index (χ0) is 34.1. The Labute approximate surface area is 247 Å². The summed E-state index contributed by atoms with van der Waals surface area (Å²) < 4.78 is 0. The predicted molar refractivity (Wildman–Crippen MR) is 138 cm³/mol. The monoisotopic (exact) mass is 635 g/mol. The van der Waals surface area contributed by atoms with Gasteiger partial charge in [-0.05, 0) is 19.3 Å². The molecule has 0 radical (unpaired) electrons. The van der Waals surface area contributed by atoms with E-state index in [4.69, 9.17) is 31.3 Å². The van der Waals surface area contributed by atoms with Crippen LogP contribution in [0, 0.1) is 0 Å². The molecule has 0 unspecified atom stereocenters. The third-order valence-electron chi connectivity index (χ3n) is 5.57. The van der Waals surface area contributed by atoms with E-state index in [9.17, 15) is 53.1 Å². The van der Waals surface area contributed by atoms with Crippen LogP contribution in [0.1, 0.15) is 51.4 Å². The number of carboxylic acids is 6. The fraction of sp³-hybridized carbons (Fsp3) is 0.565. The van der Waals surface area contributed by atoms with Crippen LogP contribution in [0.5, 0.6) is 0 Å². The maximum atomic E-state index is 13.0. The Balaban J connectivity index is 5.97. The summed E-state index contributed by atoms with van der Waals surface area (Å²) in [5, 5.41) is 61.8. The Bertz CT molecular complexity index is 1140. The number of nitrogens with two attached hydrogens (primary N) is 1. The first-order chi connectivity index (χ1) is 20.3. The highest BCUT2D eigenvalue weighted by molar-refractivity contribution is 5.97. The maximum absolute atomic E-state index is 13.0. The summed E-state index contributed by atoms with van der Waals surface area (Å²) >= 11 is 0. The Kier molecular flexibility index (Phi) is 16.7. The number of aliphatic carboxylic acids is 6. The molecule has 21 heteroatoms. The van der Waals surface area contributed by atoms with Crippen LogP contribution in [0.2, 0.25) is 0 Å². The minimum Gasteiger partial charge on any atom is -0.481 e. The highest BCUT2D eigenvalue weighted by Gasteiger charge is 2.33. The van der Waals surface area contributed by atoms with Crippen molar-refractivity contribution >= 4 is 59.4 Å². The first-order valence-corrected chi connectivity index (χ1v) is 12.6. The lowest BCUT2D eigenvalue weighted by Crippen LogP contribution is -2.59. The van der Waals surface area contributed by atoms with E-state index < -0.39 is 141 Å². The lowest BCUT2D eigenvalue weighted by atomic mass is 10.1. The van der Waals surface area contributed by atoms with Gasteiger partial charge in [-0.1, -0.05) is 0 Å². The first-order valence-electron chi connectivity index (χ1n) is 12.6. The third kappa shape index (κ3) is 16.2. The van der Waals surface area contributed by atoms with Crippen molar-refractivity contribution in [2.45, 2.75) is 81.6 Å². The highest BCUT2D eigenvalue weighted by atomic mass is 16.4. The summed E-state index contributed by atoms with van der Waals surface area (Å²) in [7, 11) is 0. The Hall–Kier alpha value is -5.34. The van der Waals surface area contributed by atoms with Crippen molar-refractivity contribution in [3.05, 3.63) is 0 Å². The number of carbonyl (C=O) groups is 10. The lowest BCUT2D eigenvalue weighted by molar-refractivity contribution is -0.144. The molecule has 0 aromatic rings. The molecule has 246 valence electrons. The van der Waals surface area contributed by atoms with Crippen molar-refractivity contribution in [2.75, 3.05) is 0 Å². The minimum absolute atomic E-state index is 0.391. The molecule has 44 heavy (non-hydrogen) atoms. The van der Waals surface area contributed by atoms with Crippen LogP contribution in [0.4, 0.5) is 0 Å². The molecule has 0 aliphatic heterocycles. The van der Waals surface area contributed by atoms with E-state index in [1.54, 1.807) is 0 Å². The van der Waals surface area contributed by atoms with Crippen LogP contribution in [-0.4, -0.2) is 120 Å². The van der Waals surface area contributed by atoms with E-state index >= 15 is 0 Å². The average molecular weight is 636 g/mol. The summed E-state index contributed by atoms with van der Waals surface area (Å²) in [6.45, 7) is 0. The van der Waals surface area contributed by atoms with Crippen LogP contribution in [0.25, 0.3) is 0 Å². The van der Waals surface area contributed by atoms with E-state index in [0.717, 1.165) is 0 Å². The molecule has 0 aromatic heterocycles. The van der Waals surface area contributed by atoms with Crippen molar-refractivity contribution in [1.82, 2.24) is 21.3 Å². The van der Waals surface area contributed by atoms with Crippen LogP contribution in [-0.2, 0) is 47.9 Å². The van der Waals surface area contributed by atoms with Crippen molar-refractivity contribution in [1.29, 1.82) is 0 Å². The van der Waals surface area contributed by atoms with E-state index in [1.165, 1.54) is 0 Å². The van der Waals surface area contributed by atoms with Gasteiger partial charge in [-0.2, -0.15) is 0 Å². The summed E-state index contributed by atoms with van der Waals surface area (Å²) in [5.74, 6) is -14.4. The van der Waals surface area contributed by atoms with E-state index in [1.807, 2.05) is 21.3 Å². The molecule has 4 amide bonds. The van der Waals surface area contributed by atoms with Gasteiger partial charge in [0.05, 0.1) is 18.9 Å². The third-order valence-corrected chi connectivity index (χ3v) is 5.57. The molecule has 0 aliphatic carbocycles.